The Morgan fingerprint density at radius 2 is 2.22 bits per heavy atom. The molecule has 0 spiro atoms. The Kier molecular flexibility index (Phi) is 4.40. The summed E-state index contributed by atoms with van der Waals surface area (Å²) in [7, 11) is 0. The van der Waals surface area contributed by atoms with Crippen LogP contribution in [0.3, 0.4) is 0 Å². The van der Waals surface area contributed by atoms with E-state index in [-0.39, 0.29) is 18.4 Å². The molecule has 2 aromatic rings. The van der Waals surface area contributed by atoms with E-state index in [1.807, 2.05) is 36.4 Å². The molecule has 1 aromatic carbocycles. The third-order valence-electron chi connectivity index (χ3n) is 4.00. The largest absolute Gasteiger partial charge is 0.377 e. The van der Waals surface area contributed by atoms with Gasteiger partial charge in [0.1, 0.15) is 17.3 Å². The fourth-order valence-electron chi connectivity index (χ4n) is 2.78. The summed E-state index contributed by atoms with van der Waals surface area (Å²) in [5.41, 5.74) is 1.79. The topological polar surface area (TPSA) is 79.4 Å². The van der Waals surface area contributed by atoms with Crippen LogP contribution in [0.25, 0.3) is 0 Å². The number of nitrogens with zero attached hydrogens (tertiary/aromatic N) is 3. The van der Waals surface area contributed by atoms with Crippen LogP contribution in [0.1, 0.15) is 28.6 Å². The lowest BCUT2D eigenvalue weighted by molar-refractivity contribution is -0.139. The van der Waals surface area contributed by atoms with Crippen LogP contribution in [-0.2, 0) is 16.0 Å². The van der Waals surface area contributed by atoms with Crippen LogP contribution in [0.4, 0.5) is 0 Å². The molecule has 0 N–H and O–H groups in total. The summed E-state index contributed by atoms with van der Waals surface area (Å²) in [5.74, 6) is 0.365. The number of rotatable bonds is 3. The van der Waals surface area contributed by atoms with Gasteiger partial charge in [0.2, 0.25) is 5.91 Å². The molecule has 118 valence electrons. The molecule has 0 aliphatic carbocycles. The van der Waals surface area contributed by atoms with Crippen LogP contribution in [0.5, 0.6) is 0 Å². The zero-order valence-corrected chi connectivity index (χ0v) is 12.9. The second kappa shape index (κ2) is 6.63. The van der Waals surface area contributed by atoms with E-state index in [1.165, 1.54) is 0 Å². The van der Waals surface area contributed by atoms with Gasteiger partial charge in [0.25, 0.3) is 0 Å². The van der Waals surface area contributed by atoms with E-state index in [4.69, 9.17) is 14.5 Å². The molecule has 1 aliphatic heterocycles. The van der Waals surface area contributed by atoms with Gasteiger partial charge in [-0.05, 0) is 12.5 Å². The van der Waals surface area contributed by atoms with E-state index < -0.39 is 0 Å². The van der Waals surface area contributed by atoms with Crippen molar-refractivity contribution in [1.29, 1.82) is 5.26 Å². The quantitative estimate of drug-likeness (QED) is 0.866. The molecule has 23 heavy (non-hydrogen) atoms. The zero-order chi connectivity index (χ0) is 16.2. The van der Waals surface area contributed by atoms with E-state index in [0.717, 1.165) is 5.56 Å². The Morgan fingerprint density at radius 3 is 2.96 bits per heavy atom. The van der Waals surface area contributed by atoms with Crippen molar-refractivity contribution in [3.05, 3.63) is 52.9 Å². The van der Waals surface area contributed by atoms with Gasteiger partial charge in [-0.25, -0.2) is 0 Å². The summed E-state index contributed by atoms with van der Waals surface area (Å²) in [4.78, 5) is 14.5. The number of carbonyl (C=O) groups excluding carboxylic acids is 1. The van der Waals surface area contributed by atoms with Crippen molar-refractivity contribution in [2.45, 2.75) is 19.4 Å². The number of amides is 1. The van der Waals surface area contributed by atoms with Crippen molar-refractivity contribution >= 4 is 5.91 Å². The average Bonchev–Trinajstić information content (AvgIpc) is 2.95. The van der Waals surface area contributed by atoms with Gasteiger partial charge in [-0.2, -0.15) is 5.26 Å². The standard InChI is InChI=1S/C17H17N3O3/c1-12-14(10-18)15(19-23-12)9-17(21)20-7-8-22-11-16(20)13-5-3-2-4-6-13/h2-6,16H,7-9,11H2,1H3. The monoisotopic (exact) mass is 311 g/mol. The van der Waals surface area contributed by atoms with Gasteiger partial charge in [-0.3, -0.25) is 4.79 Å². The second-order valence-corrected chi connectivity index (χ2v) is 5.44. The van der Waals surface area contributed by atoms with Crippen LogP contribution >= 0.6 is 0 Å². The molecule has 6 nitrogen and oxygen atoms in total. The summed E-state index contributed by atoms with van der Waals surface area (Å²) >= 11 is 0. The molecule has 1 fully saturated rings. The van der Waals surface area contributed by atoms with Crippen molar-refractivity contribution in [1.82, 2.24) is 10.1 Å². The van der Waals surface area contributed by atoms with Gasteiger partial charge in [0.15, 0.2) is 5.76 Å². The molecule has 1 saturated heterocycles. The van der Waals surface area contributed by atoms with Gasteiger partial charge in [0, 0.05) is 6.54 Å². The lowest BCUT2D eigenvalue weighted by Crippen LogP contribution is -2.44. The Morgan fingerprint density at radius 1 is 1.43 bits per heavy atom. The van der Waals surface area contributed by atoms with Crippen molar-refractivity contribution < 1.29 is 14.1 Å². The number of ether oxygens (including phenoxy) is 1. The maximum atomic E-state index is 12.7. The average molecular weight is 311 g/mol. The minimum Gasteiger partial charge on any atom is -0.377 e. The summed E-state index contributed by atoms with van der Waals surface area (Å²) in [6, 6.07) is 11.7. The smallest absolute Gasteiger partial charge is 0.229 e. The van der Waals surface area contributed by atoms with Crippen LogP contribution in [-0.4, -0.2) is 35.7 Å². The van der Waals surface area contributed by atoms with E-state index in [9.17, 15) is 4.79 Å². The highest BCUT2D eigenvalue weighted by Gasteiger charge is 2.29. The highest BCUT2D eigenvalue weighted by molar-refractivity contribution is 5.79. The van der Waals surface area contributed by atoms with Crippen LogP contribution < -0.4 is 0 Å². The molecule has 3 rings (SSSR count). The number of benzene rings is 1. The Balaban J connectivity index is 1.81. The number of hydrogen-bond acceptors (Lipinski definition) is 5. The first kappa shape index (κ1) is 15.3. The SMILES string of the molecule is Cc1onc(CC(=O)N2CCOCC2c2ccccc2)c1C#N. The third kappa shape index (κ3) is 3.10. The minimum atomic E-state index is -0.115. The number of nitriles is 1. The molecular weight excluding hydrogens is 294 g/mol. The molecule has 1 atom stereocenters. The van der Waals surface area contributed by atoms with Crippen molar-refractivity contribution in [3.8, 4) is 6.07 Å². The van der Waals surface area contributed by atoms with Gasteiger partial charge in [-0.15, -0.1) is 0 Å². The molecule has 1 amide bonds. The second-order valence-electron chi connectivity index (χ2n) is 5.44. The van der Waals surface area contributed by atoms with Crippen LogP contribution in [0.2, 0.25) is 0 Å². The highest BCUT2D eigenvalue weighted by Crippen LogP contribution is 2.25. The molecule has 1 aliphatic rings. The van der Waals surface area contributed by atoms with Gasteiger partial charge in [-0.1, -0.05) is 35.5 Å². The predicted molar refractivity (Wildman–Crippen MR) is 81.4 cm³/mol. The van der Waals surface area contributed by atoms with Gasteiger partial charge >= 0.3 is 0 Å². The van der Waals surface area contributed by atoms with E-state index in [0.29, 0.717) is 36.8 Å². The fourth-order valence-corrected chi connectivity index (χ4v) is 2.78. The van der Waals surface area contributed by atoms with Crippen LogP contribution in [0, 0.1) is 18.3 Å². The first-order chi connectivity index (χ1) is 11.2. The van der Waals surface area contributed by atoms with Crippen molar-refractivity contribution in [2.75, 3.05) is 19.8 Å². The van der Waals surface area contributed by atoms with E-state index in [2.05, 4.69) is 5.16 Å². The number of hydrogen-bond donors (Lipinski definition) is 0. The number of aryl methyl sites for hydroxylation is 1. The third-order valence-corrected chi connectivity index (χ3v) is 4.00. The highest BCUT2D eigenvalue weighted by atomic mass is 16.5. The number of aromatic nitrogens is 1. The minimum absolute atomic E-state index is 0.0591. The lowest BCUT2D eigenvalue weighted by Gasteiger charge is -2.36. The molecular formula is C17H17N3O3. The van der Waals surface area contributed by atoms with Crippen molar-refractivity contribution in [2.24, 2.45) is 0 Å². The first-order valence-corrected chi connectivity index (χ1v) is 7.48. The predicted octanol–water partition coefficient (Wildman–Crippen LogP) is 2.00. The maximum absolute atomic E-state index is 12.7. The molecule has 0 saturated carbocycles. The van der Waals surface area contributed by atoms with E-state index >= 15 is 0 Å². The van der Waals surface area contributed by atoms with Gasteiger partial charge < -0.3 is 14.2 Å². The first-order valence-electron chi connectivity index (χ1n) is 7.48. The molecule has 0 bridgehead atoms. The Bertz CT molecular complexity index is 733. The summed E-state index contributed by atoms with van der Waals surface area (Å²) < 4.78 is 10.6. The summed E-state index contributed by atoms with van der Waals surface area (Å²) in [5, 5.41) is 13.0. The molecule has 6 heteroatoms. The Labute approximate surface area is 134 Å². The summed E-state index contributed by atoms with van der Waals surface area (Å²) in [6.45, 7) is 3.18. The molecule has 0 radical (unpaired) electrons. The molecule has 1 unspecified atom stereocenters. The molecule has 1 aromatic heterocycles. The zero-order valence-electron chi connectivity index (χ0n) is 12.9. The number of morpholine rings is 1. The Hall–Kier alpha value is -2.65. The van der Waals surface area contributed by atoms with Crippen LogP contribution in [0.15, 0.2) is 34.9 Å². The molecule has 2 heterocycles. The van der Waals surface area contributed by atoms with Gasteiger partial charge in [0.05, 0.1) is 25.7 Å². The lowest BCUT2D eigenvalue weighted by atomic mass is 10.0. The summed E-state index contributed by atoms with van der Waals surface area (Å²) in [6.07, 6.45) is 0.0591. The fraction of sp³-hybridized carbons (Fsp3) is 0.353. The number of carbonyl (C=O) groups is 1. The van der Waals surface area contributed by atoms with Crippen molar-refractivity contribution in [3.63, 3.8) is 0 Å². The normalized spacial score (nSPS) is 17.7. The van der Waals surface area contributed by atoms with E-state index in [1.54, 1.807) is 11.8 Å². The maximum Gasteiger partial charge on any atom is 0.229 e.